The van der Waals surface area contributed by atoms with E-state index >= 15 is 0 Å². The van der Waals surface area contributed by atoms with Crippen molar-refractivity contribution in [1.82, 2.24) is 19.3 Å². The Balaban J connectivity index is 1.36. The van der Waals surface area contributed by atoms with E-state index in [9.17, 15) is 12.8 Å². The SMILES string of the molecule is Cc1cc2c(F)c(Nc3ccnc(Nc4cccc(S(=O)(=O)N5CCOCC5)c4)n3)ccc2[nH]1. The molecule has 0 aliphatic carbocycles. The summed E-state index contributed by atoms with van der Waals surface area (Å²) in [6.45, 7) is 3.27. The molecule has 2 aromatic heterocycles. The first-order chi connectivity index (χ1) is 16.4. The quantitative estimate of drug-likeness (QED) is 0.382. The number of halogens is 1. The van der Waals surface area contributed by atoms with Crippen LogP contribution in [0, 0.1) is 12.7 Å². The molecular weight excluding hydrogens is 459 g/mol. The number of nitrogens with zero attached hydrogens (tertiary/aromatic N) is 3. The van der Waals surface area contributed by atoms with Crippen molar-refractivity contribution in [3.8, 4) is 0 Å². The number of ether oxygens (including phenoxy) is 1. The monoisotopic (exact) mass is 482 g/mol. The number of fused-ring (bicyclic) bond motifs is 1. The van der Waals surface area contributed by atoms with Crippen molar-refractivity contribution in [3.05, 3.63) is 66.2 Å². The molecule has 0 spiro atoms. The minimum absolute atomic E-state index is 0.172. The largest absolute Gasteiger partial charge is 0.379 e. The Hall–Kier alpha value is -3.54. The van der Waals surface area contributed by atoms with Crippen LogP contribution in [0.25, 0.3) is 10.9 Å². The molecule has 1 saturated heterocycles. The molecular formula is C23H23FN6O3S. The number of rotatable bonds is 6. The molecule has 2 aromatic carbocycles. The van der Waals surface area contributed by atoms with Crippen molar-refractivity contribution in [2.75, 3.05) is 36.9 Å². The average Bonchev–Trinajstić information content (AvgIpc) is 3.23. The molecule has 4 aromatic rings. The summed E-state index contributed by atoms with van der Waals surface area (Å²) >= 11 is 0. The summed E-state index contributed by atoms with van der Waals surface area (Å²) < 4.78 is 47.5. The zero-order valence-corrected chi connectivity index (χ0v) is 19.2. The standard InChI is InChI=1S/C23H23FN6O3S/c1-15-13-18-19(26-15)5-6-20(22(18)24)28-21-7-8-25-23(29-21)27-16-3-2-4-17(14-16)34(31,32)30-9-11-33-12-10-30/h2-8,13-14,26H,9-12H2,1H3,(H2,25,27,28,29). The molecule has 0 amide bonds. The maximum absolute atomic E-state index is 14.9. The summed E-state index contributed by atoms with van der Waals surface area (Å²) in [6.07, 6.45) is 1.53. The number of sulfonamides is 1. The van der Waals surface area contributed by atoms with Crippen molar-refractivity contribution < 1.29 is 17.5 Å². The second kappa shape index (κ2) is 9.01. The van der Waals surface area contributed by atoms with Gasteiger partial charge in [0, 0.05) is 41.6 Å². The first-order valence-corrected chi connectivity index (χ1v) is 12.2. The van der Waals surface area contributed by atoms with E-state index in [2.05, 4.69) is 25.6 Å². The first-order valence-electron chi connectivity index (χ1n) is 10.7. The van der Waals surface area contributed by atoms with E-state index in [-0.39, 0.29) is 22.3 Å². The van der Waals surface area contributed by atoms with Crippen LogP contribution in [0.3, 0.4) is 0 Å². The van der Waals surface area contributed by atoms with Crippen molar-refractivity contribution in [2.45, 2.75) is 11.8 Å². The molecule has 0 radical (unpaired) electrons. The van der Waals surface area contributed by atoms with Crippen LogP contribution in [-0.4, -0.2) is 54.0 Å². The Morgan fingerprint density at radius 2 is 1.91 bits per heavy atom. The number of aromatic amines is 1. The van der Waals surface area contributed by atoms with Gasteiger partial charge in [0.05, 0.1) is 23.8 Å². The highest BCUT2D eigenvalue weighted by Crippen LogP contribution is 2.28. The van der Waals surface area contributed by atoms with Gasteiger partial charge in [0.25, 0.3) is 0 Å². The number of aryl methyl sites for hydroxylation is 1. The molecule has 176 valence electrons. The maximum atomic E-state index is 14.9. The number of H-pyrrole nitrogens is 1. The normalized spacial score (nSPS) is 14.9. The van der Waals surface area contributed by atoms with Gasteiger partial charge in [-0.25, -0.2) is 17.8 Å². The Labute approximate surface area is 196 Å². The van der Waals surface area contributed by atoms with E-state index < -0.39 is 10.0 Å². The average molecular weight is 483 g/mol. The van der Waals surface area contributed by atoms with Gasteiger partial charge in [-0.15, -0.1) is 0 Å². The molecule has 0 atom stereocenters. The number of nitrogens with one attached hydrogen (secondary N) is 3. The summed E-state index contributed by atoms with van der Waals surface area (Å²) in [5.41, 5.74) is 2.39. The third-order valence-corrected chi connectivity index (χ3v) is 7.38. The van der Waals surface area contributed by atoms with Crippen LogP contribution in [0.4, 0.5) is 27.5 Å². The van der Waals surface area contributed by atoms with Crippen molar-refractivity contribution in [2.24, 2.45) is 0 Å². The fraction of sp³-hybridized carbons (Fsp3) is 0.217. The van der Waals surface area contributed by atoms with Crippen LogP contribution >= 0.6 is 0 Å². The van der Waals surface area contributed by atoms with Crippen molar-refractivity contribution >= 4 is 44.1 Å². The fourth-order valence-electron chi connectivity index (χ4n) is 3.83. The van der Waals surface area contributed by atoms with Crippen LogP contribution < -0.4 is 10.6 Å². The molecule has 0 saturated carbocycles. The van der Waals surface area contributed by atoms with E-state index in [1.165, 1.54) is 16.6 Å². The lowest BCUT2D eigenvalue weighted by Gasteiger charge is -2.26. The second-order valence-corrected chi connectivity index (χ2v) is 9.84. The van der Waals surface area contributed by atoms with Crippen molar-refractivity contribution in [3.63, 3.8) is 0 Å². The molecule has 1 aliphatic heterocycles. The highest BCUT2D eigenvalue weighted by Gasteiger charge is 2.26. The van der Waals surface area contributed by atoms with Gasteiger partial charge < -0.3 is 20.4 Å². The van der Waals surface area contributed by atoms with E-state index in [0.717, 1.165) is 11.2 Å². The van der Waals surface area contributed by atoms with Gasteiger partial charge in [-0.05, 0) is 49.4 Å². The number of aromatic nitrogens is 3. The Kier molecular flexibility index (Phi) is 5.90. The minimum atomic E-state index is -3.63. The van der Waals surface area contributed by atoms with E-state index in [4.69, 9.17) is 4.74 Å². The Morgan fingerprint density at radius 1 is 1.09 bits per heavy atom. The third-order valence-electron chi connectivity index (χ3n) is 5.49. The summed E-state index contributed by atoms with van der Waals surface area (Å²) in [6, 6.07) is 13.3. The molecule has 9 nitrogen and oxygen atoms in total. The number of benzene rings is 2. The van der Waals surface area contributed by atoms with Gasteiger partial charge in [-0.1, -0.05) is 6.07 Å². The topological polar surface area (TPSA) is 112 Å². The van der Waals surface area contributed by atoms with Gasteiger partial charge in [0.15, 0.2) is 5.82 Å². The predicted molar refractivity (Wildman–Crippen MR) is 128 cm³/mol. The highest BCUT2D eigenvalue weighted by molar-refractivity contribution is 7.89. The van der Waals surface area contributed by atoms with E-state index in [1.54, 1.807) is 42.5 Å². The van der Waals surface area contributed by atoms with Crippen LogP contribution in [0.1, 0.15) is 5.69 Å². The lowest BCUT2D eigenvalue weighted by molar-refractivity contribution is 0.0730. The molecule has 3 N–H and O–H groups in total. The van der Waals surface area contributed by atoms with Crippen molar-refractivity contribution in [1.29, 1.82) is 0 Å². The summed E-state index contributed by atoms with van der Waals surface area (Å²) in [7, 11) is -3.63. The summed E-state index contributed by atoms with van der Waals surface area (Å²) in [5.74, 6) is 0.251. The zero-order chi connectivity index (χ0) is 23.7. The van der Waals surface area contributed by atoms with Gasteiger partial charge in [0.1, 0.15) is 5.82 Å². The summed E-state index contributed by atoms with van der Waals surface area (Å²) in [4.78, 5) is 11.9. The number of anilines is 4. The smallest absolute Gasteiger partial charge is 0.243 e. The lowest BCUT2D eigenvalue weighted by Crippen LogP contribution is -2.40. The number of hydrogen-bond donors (Lipinski definition) is 3. The highest BCUT2D eigenvalue weighted by atomic mass is 32.2. The van der Waals surface area contributed by atoms with Crippen LogP contribution in [-0.2, 0) is 14.8 Å². The van der Waals surface area contributed by atoms with Gasteiger partial charge in [0.2, 0.25) is 16.0 Å². The molecule has 0 unspecified atom stereocenters. The van der Waals surface area contributed by atoms with Gasteiger partial charge in [-0.3, -0.25) is 0 Å². The van der Waals surface area contributed by atoms with Gasteiger partial charge in [-0.2, -0.15) is 9.29 Å². The molecule has 11 heteroatoms. The van der Waals surface area contributed by atoms with Crippen LogP contribution in [0.2, 0.25) is 0 Å². The summed E-state index contributed by atoms with van der Waals surface area (Å²) in [5, 5.41) is 6.50. The predicted octanol–water partition coefficient (Wildman–Crippen LogP) is 3.91. The third kappa shape index (κ3) is 4.45. The van der Waals surface area contributed by atoms with Crippen LogP contribution in [0.15, 0.2) is 59.6 Å². The lowest BCUT2D eigenvalue weighted by atomic mass is 10.2. The first kappa shape index (κ1) is 22.3. The maximum Gasteiger partial charge on any atom is 0.243 e. The van der Waals surface area contributed by atoms with E-state index in [1.807, 2.05) is 6.92 Å². The second-order valence-electron chi connectivity index (χ2n) is 7.90. The minimum Gasteiger partial charge on any atom is -0.379 e. The zero-order valence-electron chi connectivity index (χ0n) is 18.4. The molecule has 34 heavy (non-hydrogen) atoms. The molecule has 0 bridgehead atoms. The number of hydrogen-bond acceptors (Lipinski definition) is 7. The molecule has 5 rings (SSSR count). The molecule has 1 aliphatic rings. The Bertz CT molecular complexity index is 1450. The fourth-order valence-corrected chi connectivity index (χ4v) is 5.28. The van der Waals surface area contributed by atoms with Crippen LogP contribution in [0.5, 0.6) is 0 Å². The number of morpholine rings is 1. The Morgan fingerprint density at radius 3 is 2.74 bits per heavy atom. The van der Waals surface area contributed by atoms with E-state index in [0.29, 0.717) is 43.2 Å². The molecule has 3 heterocycles. The molecule has 1 fully saturated rings. The van der Waals surface area contributed by atoms with Gasteiger partial charge >= 0.3 is 0 Å².